The zero-order valence-corrected chi connectivity index (χ0v) is 17.2. The van der Waals surface area contributed by atoms with Gasteiger partial charge in [-0.3, -0.25) is 0 Å². The van der Waals surface area contributed by atoms with Gasteiger partial charge in [-0.25, -0.2) is 4.98 Å². The highest BCUT2D eigenvalue weighted by molar-refractivity contribution is 6.31. The van der Waals surface area contributed by atoms with E-state index in [9.17, 15) is 0 Å². The van der Waals surface area contributed by atoms with Crippen LogP contribution in [0, 0.1) is 5.92 Å². The number of halogens is 1. The maximum atomic E-state index is 6.28. The Morgan fingerprint density at radius 3 is 2.76 bits per heavy atom. The normalized spacial score (nSPS) is 16.4. The lowest BCUT2D eigenvalue weighted by molar-refractivity contribution is 0.174. The molecule has 6 heteroatoms. The van der Waals surface area contributed by atoms with Crippen LogP contribution in [0.15, 0.2) is 42.5 Å². The monoisotopic (exact) mass is 409 g/mol. The van der Waals surface area contributed by atoms with E-state index >= 15 is 0 Å². The fraction of sp³-hybridized carbons (Fsp3) is 0.348. The highest BCUT2D eigenvalue weighted by atomic mass is 35.5. The summed E-state index contributed by atoms with van der Waals surface area (Å²) in [4.78, 5) is 7.31. The lowest BCUT2D eigenvalue weighted by atomic mass is 9.99. The van der Waals surface area contributed by atoms with Gasteiger partial charge in [-0.2, -0.15) is 0 Å². The third kappa shape index (κ3) is 3.79. The molecule has 2 aliphatic heterocycles. The Hall–Kier alpha value is -2.66. The molecule has 2 aliphatic rings. The minimum absolute atomic E-state index is 0.289. The largest absolute Gasteiger partial charge is 0.454 e. The number of aromatic nitrogens is 1. The molecule has 3 heterocycles. The Kier molecular flexibility index (Phi) is 4.84. The van der Waals surface area contributed by atoms with Crippen molar-refractivity contribution in [1.29, 1.82) is 0 Å². The minimum atomic E-state index is 0.289. The summed E-state index contributed by atoms with van der Waals surface area (Å²) in [5.74, 6) is 3.42. The molecule has 3 aromatic rings. The molecule has 1 aromatic heterocycles. The number of rotatable bonds is 4. The molecule has 0 spiro atoms. The van der Waals surface area contributed by atoms with Gasteiger partial charge < -0.3 is 19.7 Å². The number of pyridine rings is 1. The molecule has 2 aromatic carbocycles. The van der Waals surface area contributed by atoms with Gasteiger partial charge in [0, 0.05) is 41.8 Å². The third-order valence-corrected chi connectivity index (χ3v) is 6.02. The van der Waals surface area contributed by atoms with E-state index in [4.69, 9.17) is 26.1 Å². The van der Waals surface area contributed by atoms with Crippen LogP contribution < -0.4 is 19.7 Å². The number of nitrogens with zero attached hydrogens (tertiary/aromatic N) is 2. The summed E-state index contributed by atoms with van der Waals surface area (Å²) in [5.41, 5.74) is 3.14. The van der Waals surface area contributed by atoms with Crippen LogP contribution in [-0.4, -0.2) is 24.9 Å². The molecule has 0 amide bonds. The summed E-state index contributed by atoms with van der Waals surface area (Å²) in [5, 5.41) is 5.34. The van der Waals surface area contributed by atoms with E-state index in [1.807, 2.05) is 30.3 Å². The van der Waals surface area contributed by atoms with Crippen LogP contribution in [0.4, 0.5) is 11.5 Å². The van der Waals surface area contributed by atoms with Crippen molar-refractivity contribution in [2.45, 2.75) is 26.3 Å². The van der Waals surface area contributed by atoms with Crippen molar-refractivity contribution in [2.24, 2.45) is 5.92 Å². The molecule has 0 bridgehead atoms. The second-order valence-corrected chi connectivity index (χ2v) is 8.34. The Labute approximate surface area is 175 Å². The molecule has 0 saturated carbocycles. The minimum Gasteiger partial charge on any atom is -0.454 e. The van der Waals surface area contributed by atoms with Crippen molar-refractivity contribution < 1.29 is 9.47 Å². The van der Waals surface area contributed by atoms with E-state index in [0.717, 1.165) is 58.5 Å². The van der Waals surface area contributed by atoms with Gasteiger partial charge >= 0.3 is 0 Å². The maximum Gasteiger partial charge on any atom is 0.231 e. The molecule has 0 radical (unpaired) electrons. The molecule has 1 N–H and O–H groups in total. The van der Waals surface area contributed by atoms with Crippen LogP contribution in [0.5, 0.6) is 11.5 Å². The van der Waals surface area contributed by atoms with Crippen LogP contribution in [0.25, 0.3) is 10.9 Å². The first kappa shape index (κ1) is 18.4. The molecule has 150 valence electrons. The molecule has 29 heavy (non-hydrogen) atoms. The number of hydrogen-bond acceptors (Lipinski definition) is 5. The van der Waals surface area contributed by atoms with Gasteiger partial charge in [0.05, 0.1) is 5.52 Å². The molecule has 1 saturated heterocycles. The van der Waals surface area contributed by atoms with Gasteiger partial charge in [0.1, 0.15) is 5.82 Å². The van der Waals surface area contributed by atoms with Gasteiger partial charge in [0.25, 0.3) is 0 Å². The predicted octanol–water partition coefficient (Wildman–Crippen LogP) is 5.47. The van der Waals surface area contributed by atoms with Crippen LogP contribution in [-0.2, 0) is 6.54 Å². The number of nitrogens with one attached hydrogen (secondary N) is 1. The van der Waals surface area contributed by atoms with E-state index < -0.39 is 0 Å². The Balaban J connectivity index is 1.45. The summed E-state index contributed by atoms with van der Waals surface area (Å²) in [6.07, 6.45) is 2.42. The van der Waals surface area contributed by atoms with Crippen molar-refractivity contribution in [3.8, 4) is 11.5 Å². The van der Waals surface area contributed by atoms with Gasteiger partial charge in [-0.05, 0) is 54.7 Å². The first-order valence-electron chi connectivity index (χ1n) is 10.1. The topological polar surface area (TPSA) is 46.6 Å². The highest BCUT2D eigenvalue weighted by Gasteiger charge is 2.19. The van der Waals surface area contributed by atoms with Gasteiger partial charge in [-0.1, -0.05) is 24.6 Å². The van der Waals surface area contributed by atoms with Crippen molar-refractivity contribution in [2.75, 3.05) is 30.1 Å². The molecule has 5 nitrogen and oxygen atoms in total. The Bertz CT molecular complexity index is 1050. The average Bonchev–Trinajstić information content (AvgIpc) is 3.20. The van der Waals surface area contributed by atoms with Crippen LogP contribution in [0.3, 0.4) is 0 Å². The summed E-state index contributed by atoms with van der Waals surface area (Å²) in [6.45, 7) is 5.39. The predicted molar refractivity (Wildman–Crippen MR) is 117 cm³/mol. The number of fused-ring (bicyclic) bond motifs is 2. The quantitative estimate of drug-likeness (QED) is 0.619. The Morgan fingerprint density at radius 2 is 1.90 bits per heavy atom. The van der Waals surface area contributed by atoms with Gasteiger partial charge in [-0.15, -0.1) is 0 Å². The van der Waals surface area contributed by atoms with E-state index in [1.165, 1.54) is 12.8 Å². The van der Waals surface area contributed by atoms with Crippen molar-refractivity contribution >= 4 is 34.0 Å². The van der Waals surface area contributed by atoms with E-state index in [0.29, 0.717) is 11.6 Å². The maximum absolute atomic E-state index is 6.28. The highest BCUT2D eigenvalue weighted by Crippen LogP contribution is 2.34. The van der Waals surface area contributed by atoms with Gasteiger partial charge in [0.2, 0.25) is 6.79 Å². The molecule has 5 rings (SSSR count). The number of benzene rings is 2. The number of anilines is 2. The molecular formula is C23H24ClN3O2. The third-order valence-electron chi connectivity index (χ3n) is 5.78. The lowest BCUT2D eigenvalue weighted by Gasteiger charge is -2.31. The zero-order valence-electron chi connectivity index (χ0n) is 16.5. The van der Waals surface area contributed by atoms with E-state index in [-0.39, 0.29) is 6.79 Å². The van der Waals surface area contributed by atoms with Crippen LogP contribution >= 0.6 is 11.6 Å². The SMILES string of the molecule is CC1CCN(c2cc(NCc3ccc4c(c3)OCO4)c3cc(Cl)ccc3n2)CC1. The molecule has 0 unspecified atom stereocenters. The second-order valence-electron chi connectivity index (χ2n) is 7.90. The smallest absolute Gasteiger partial charge is 0.231 e. The standard InChI is InChI=1S/C23H24ClN3O2/c1-15-6-8-27(9-7-15)23-12-20(18-11-17(24)3-4-19(18)26-23)25-13-16-2-5-21-22(10-16)29-14-28-21/h2-5,10-12,15H,6-9,13-14H2,1H3,(H,25,26). The second kappa shape index (κ2) is 7.64. The lowest BCUT2D eigenvalue weighted by Crippen LogP contribution is -2.33. The molecule has 0 atom stereocenters. The summed E-state index contributed by atoms with van der Waals surface area (Å²) >= 11 is 6.28. The van der Waals surface area contributed by atoms with Crippen LogP contribution in [0.1, 0.15) is 25.3 Å². The van der Waals surface area contributed by atoms with Gasteiger partial charge in [0.15, 0.2) is 11.5 Å². The summed E-state index contributed by atoms with van der Waals surface area (Å²) in [6, 6.07) is 14.1. The Morgan fingerprint density at radius 1 is 1.07 bits per heavy atom. The fourth-order valence-electron chi connectivity index (χ4n) is 3.98. The van der Waals surface area contributed by atoms with Crippen LogP contribution in [0.2, 0.25) is 5.02 Å². The van der Waals surface area contributed by atoms with E-state index in [1.54, 1.807) is 0 Å². The first-order chi connectivity index (χ1) is 14.2. The zero-order chi connectivity index (χ0) is 19.8. The first-order valence-corrected chi connectivity index (χ1v) is 10.5. The van der Waals surface area contributed by atoms with Crippen molar-refractivity contribution in [3.05, 3.63) is 53.1 Å². The number of ether oxygens (including phenoxy) is 2. The van der Waals surface area contributed by atoms with Crippen molar-refractivity contribution in [1.82, 2.24) is 4.98 Å². The molecule has 0 aliphatic carbocycles. The van der Waals surface area contributed by atoms with Crippen molar-refractivity contribution in [3.63, 3.8) is 0 Å². The summed E-state index contributed by atoms with van der Waals surface area (Å²) < 4.78 is 10.9. The molecule has 1 fully saturated rings. The van der Waals surface area contributed by atoms with E-state index in [2.05, 4.69) is 29.3 Å². The molecular weight excluding hydrogens is 386 g/mol. The number of piperidine rings is 1. The average molecular weight is 410 g/mol. The summed E-state index contributed by atoms with van der Waals surface area (Å²) in [7, 11) is 0. The number of hydrogen-bond donors (Lipinski definition) is 1. The fourth-order valence-corrected chi connectivity index (χ4v) is 4.15.